The van der Waals surface area contributed by atoms with E-state index in [0.717, 1.165) is 37.6 Å². The van der Waals surface area contributed by atoms with Gasteiger partial charge in [0.05, 0.1) is 14.2 Å². The Kier molecular flexibility index (Phi) is 6.53. The molecule has 0 aliphatic rings. The van der Waals surface area contributed by atoms with Gasteiger partial charge in [0.25, 0.3) is 0 Å². The van der Waals surface area contributed by atoms with E-state index in [-0.39, 0.29) is 0 Å². The molecule has 2 aromatic carbocycles. The first-order valence-electron chi connectivity index (χ1n) is 10.6. The summed E-state index contributed by atoms with van der Waals surface area (Å²) in [4.78, 5) is 10.3. The summed E-state index contributed by atoms with van der Waals surface area (Å²) in [5, 5.41) is 1.29. The van der Waals surface area contributed by atoms with Crippen LogP contribution < -0.4 is 9.47 Å². The highest BCUT2D eigenvalue weighted by atomic mass is 16.5. The van der Waals surface area contributed by atoms with E-state index >= 15 is 0 Å². The highest BCUT2D eigenvalue weighted by Gasteiger charge is 2.14. The summed E-state index contributed by atoms with van der Waals surface area (Å²) in [6.45, 7) is 4.85. The number of nitrogens with zero attached hydrogens (tertiary/aromatic N) is 2. The number of hydrogen-bond acceptors (Lipinski definition) is 4. The Morgan fingerprint density at radius 3 is 2.39 bits per heavy atom. The van der Waals surface area contributed by atoms with Gasteiger partial charge in [-0.25, -0.2) is 0 Å². The molecular formula is C26H29N3O2. The van der Waals surface area contributed by atoms with Crippen LogP contribution in [0.1, 0.15) is 22.4 Å². The van der Waals surface area contributed by atoms with Crippen molar-refractivity contribution in [3.8, 4) is 11.5 Å². The van der Waals surface area contributed by atoms with Crippen molar-refractivity contribution >= 4 is 10.9 Å². The third kappa shape index (κ3) is 4.89. The molecular weight excluding hydrogens is 386 g/mol. The van der Waals surface area contributed by atoms with Crippen molar-refractivity contribution in [1.82, 2.24) is 14.9 Å². The number of pyridine rings is 1. The highest BCUT2D eigenvalue weighted by Crippen LogP contribution is 2.28. The molecule has 5 heteroatoms. The van der Waals surface area contributed by atoms with E-state index in [2.05, 4.69) is 70.3 Å². The third-order valence-electron chi connectivity index (χ3n) is 5.77. The summed E-state index contributed by atoms with van der Waals surface area (Å²) in [5.41, 5.74) is 6.27. The van der Waals surface area contributed by atoms with E-state index in [4.69, 9.17) is 9.47 Å². The number of nitrogens with one attached hydrogen (secondary N) is 1. The van der Waals surface area contributed by atoms with Crippen LogP contribution in [0.5, 0.6) is 11.5 Å². The second kappa shape index (κ2) is 9.67. The fraction of sp³-hybridized carbons (Fsp3) is 0.269. The minimum Gasteiger partial charge on any atom is -0.493 e. The van der Waals surface area contributed by atoms with Crippen molar-refractivity contribution in [2.45, 2.75) is 26.4 Å². The molecule has 0 saturated heterocycles. The zero-order valence-corrected chi connectivity index (χ0v) is 18.4. The summed E-state index contributed by atoms with van der Waals surface area (Å²) >= 11 is 0. The number of aryl methyl sites for hydroxylation is 1. The number of benzene rings is 2. The highest BCUT2D eigenvalue weighted by molar-refractivity contribution is 5.84. The van der Waals surface area contributed by atoms with Gasteiger partial charge in [-0.1, -0.05) is 24.3 Å². The number of rotatable bonds is 9. The fourth-order valence-corrected chi connectivity index (χ4v) is 4.00. The number of aromatic amines is 1. The van der Waals surface area contributed by atoms with Gasteiger partial charge in [-0.2, -0.15) is 0 Å². The minimum atomic E-state index is 0.758. The quantitative estimate of drug-likeness (QED) is 0.412. The van der Waals surface area contributed by atoms with Crippen LogP contribution in [0.2, 0.25) is 0 Å². The van der Waals surface area contributed by atoms with Gasteiger partial charge >= 0.3 is 0 Å². The molecule has 2 aromatic heterocycles. The van der Waals surface area contributed by atoms with E-state index < -0.39 is 0 Å². The Balaban J connectivity index is 1.54. The Morgan fingerprint density at radius 1 is 0.871 bits per heavy atom. The van der Waals surface area contributed by atoms with Gasteiger partial charge < -0.3 is 14.5 Å². The molecule has 0 unspecified atom stereocenters. The monoisotopic (exact) mass is 415 g/mol. The molecule has 0 spiro atoms. The first-order chi connectivity index (χ1) is 15.2. The van der Waals surface area contributed by atoms with Gasteiger partial charge in [0.1, 0.15) is 0 Å². The van der Waals surface area contributed by atoms with E-state index in [9.17, 15) is 0 Å². The Hall–Kier alpha value is -3.31. The van der Waals surface area contributed by atoms with Crippen molar-refractivity contribution in [1.29, 1.82) is 0 Å². The maximum Gasteiger partial charge on any atom is 0.160 e. The molecule has 2 heterocycles. The lowest BCUT2D eigenvalue weighted by atomic mass is 10.1. The summed E-state index contributed by atoms with van der Waals surface area (Å²) < 4.78 is 10.8. The lowest BCUT2D eigenvalue weighted by Gasteiger charge is -2.23. The van der Waals surface area contributed by atoms with Gasteiger partial charge in [-0.3, -0.25) is 9.88 Å². The Morgan fingerprint density at radius 2 is 1.65 bits per heavy atom. The van der Waals surface area contributed by atoms with Crippen molar-refractivity contribution in [3.63, 3.8) is 0 Å². The average molecular weight is 416 g/mol. The number of ether oxygens (including phenoxy) is 2. The van der Waals surface area contributed by atoms with E-state index in [1.165, 1.54) is 33.3 Å². The van der Waals surface area contributed by atoms with Gasteiger partial charge in [0.2, 0.25) is 0 Å². The molecule has 0 radical (unpaired) electrons. The summed E-state index contributed by atoms with van der Waals surface area (Å²) in [7, 11) is 3.34. The maximum absolute atomic E-state index is 5.47. The molecule has 0 aliphatic heterocycles. The van der Waals surface area contributed by atoms with Crippen LogP contribution in [0.4, 0.5) is 0 Å². The zero-order valence-electron chi connectivity index (χ0n) is 18.4. The number of para-hydroxylation sites is 1. The van der Waals surface area contributed by atoms with Gasteiger partial charge in [-0.15, -0.1) is 0 Å². The van der Waals surface area contributed by atoms with Crippen molar-refractivity contribution in [2.75, 3.05) is 20.8 Å². The van der Waals surface area contributed by atoms with Crippen LogP contribution >= 0.6 is 0 Å². The van der Waals surface area contributed by atoms with Gasteiger partial charge in [-0.05, 0) is 60.4 Å². The normalized spacial score (nSPS) is 11.2. The van der Waals surface area contributed by atoms with Crippen LogP contribution in [0, 0.1) is 6.92 Å². The van der Waals surface area contributed by atoms with Gasteiger partial charge in [0, 0.05) is 48.6 Å². The zero-order chi connectivity index (χ0) is 21.6. The van der Waals surface area contributed by atoms with E-state index in [0.29, 0.717) is 0 Å². The molecule has 0 bridgehead atoms. The predicted molar refractivity (Wildman–Crippen MR) is 125 cm³/mol. The minimum absolute atomic E-state index is 0.758. The number of hydrogen-bond donors (Lipinski definition) is 1. The largest absolute Gasteiger partial charge is 0.493 e. The molecule has 4 aromatic rings. The second-order valence-electron chi connectivity index (χ2n) is 7.78. The lowest BCUT2D eigenvalue weighted by molar-refractivity contribution is 0.257. The number of aromatic nitrogens is 2. The average Bonchev–Trinajstić information content (AvgIpc) is 3.13. The van der Waals surface area contributed by atoms with Crippen LogP contribution in [0.25, 0.3) is 10.9 Å². The van der Waals surface area contributed by atoms with Crippen LogP contribution in [-0.2, 0) is 19.5 Å². The maximum atomic E-state index is 5.47. The molecule has 0 saturated carbocycles. The topological polar surface area (TPSA) is 50.4 Å². The van der Waals surface area contributed by atoms with Crippen molar-refractivity contribution in [3.05, 3.63) is 89.4 Å². The molecule has 31 heavy (non-hydrogen) atoms. The number of fused-ring (bicyclic) bond motifs is 1. The predicted octanol–water partition coefficient (Wildman–Crippen LogP) is 5.13. The van der Waals surface area contributed by atoms with Crippen LogP contribution in [0.3, 0.4) is 0 Å². The van der Waals surface area contributed by atoms with Crippen LogP contribution in [-0.4, -0.2) is 35.6 Å². The molecule has 160 valence electrons. The molecule has 0 amide bonds. The molecule has 4 rings (SSSR count). The Labute approximate surface area is 183 Å². The first-order valence-corrected chi connectivity index (χ1v) is 10.6. The summed E-state index contributed by atoms with van der Waals surface area (Å²) in [5.74, 6) is 1.53. The molecule has 1 N–H and O–H groups in total. The smallest absolute Gasteiger partial charge is 0.160 e. The first kappa shape index (κ1) is 20.9. The molecule has 5 nitrogen and oxygen atoms in total. The number of H-pyrrole nitrogens is 1. The molecule has 0 fully saturated rings. The van der Waals surface area contributed by atoms with Gasteiger partial charge in [0.15, 0.2) is 11.5 Å². The third-order valence-corrected chi connectivity index (χ3v) is 5.77. The lowest BCUT2D eigenvalue weighted by Crippen LogP contribution is -2.26. The molecule has 0 atom stereocenters. The molecule has 0 aliphatic carbocycles. The SMILES string of the molecule is COc1ccc(CCN(Cc2ccncc2)Cc2[nH]c3ccccc3c2C)cc1OC. The van der Waals surface area contributed by atoms with Crippen molar-refractivity contribution in [2.24, 2.45) is 0 Å². The summed E-state index contributed by atoms with van der Waals surface area (Å²) in [6.07, 6.45) is 4.64. The summed E-state index contributed by atoms with van der Waals surface area (Å²) in [6, 6.07) is 18.8. The van der Waals surface area contributed by atoms with Crippen LogP contribution in [0.15, 0.2) is 67.0 Å². The fourth-order valence-electron chi connectivity index (χ4n) is 4.00. The van der Waals surface area contributed by atoms with E-state index in [1.54, 1.807) is 14.2 Å². The second-order valence-corrected chi connectivity index (χ2v) is 7.78. The van der Waals surface area contributed by atoms with Crippen molar-refractivity contribution < 1.29 is 9.47 Å². The van der Waals surface area contributed by atoms with E-state index in [1.807, 2.05) is 18.5 Å². The standard InChI is InChI=1S/C26H29N3O2/c1-19-22-6-4-5-7-23(22)28-24(19)18-29(17-21-10-13-27-14-11-21)15-12-20-8-9-25(30-2)26(16-20)31-3/h4-11,13-14,16,28H,12,15,17-18H2,1-3H3. The number of methoxy groups -OCH3 is 2. The Bertz CT molecular complexity index is 1140.